The van der Waals surface area contributed by atoms with E-state index >= 15 is 0 Å². The molecule has 238 valence electrons. The largest absolute Gasteiger partial charge is 0.493 e. The summed E-state index contributed by atoms with van der Waals surface area (Å²) in [5.74, 6) is 1.06. The highest BCUT2D eigenvalue weighted by Crippen LogP contribution is 2.40. The molecular formula is C32H37BrClN7O4. The zero-order valence-electron chi connectivity index (χ0n) is 25.4. The van der Waals surface area contributed by atoms with Gasteiger partial charge in [0, 0.05) is 60.4 Å². The standard InChI is InChI=1S/C32H36BrN7O4.ClH/c1-42-28-11-5-21(29(43-2)30(28)44-3)19-40-14-12-39(13-15-40)18-20-4-10-25-24(16-20)26(36-23-8-6-22(33)7-9-23)17-27(37-25)31(41)38-32(34)35;/h4-11,16-17H,12-15,18-19H2,1-3H3,(H,36,37)(H4,34,35,38,41);1H. The van der Waals surface area contributed by atoms with Crippen LogP contribution in [0.1, 0.15) is 21.6 Å². The van der Waals surface area contributed by atoms with Crippen molar-refractivity contribution in [1.29, 1.82) is 0 Å². The molecule has 45 heavy (non-hydrogen) atoms. The Morgan fingerprint density at radius 1 is 0.889 bits per heavy atom. The summed E-state index contributed by atoms with van der Waals surface area (Å²) < 4.78 is 17.6. The maximum absolute atomic E-state index is 12.6. The van der Waals surface area contributed by atoms with Gasteiger partial charge in [0.15, 0.2) is 17.5 Å². The fraction of sp³-hybridized carbons (Fsp3) is 0.281. The number of nitrogens with one attached hydrogen (secondary N) is 1. The number of guanidine groups is 1. The highest BCUT2D eigenvalue weighted by atomic mass is 79.9. The van der Waals surface area contributed by atoms with Crippen LogP contribution in [0.5, 0.6) is 17.2 Å². The Balaban J connectivity index is 0.00000461. The molecule has 0 radical (unpaired) electrons. The molecule has 4 aromatic rings. The van der Waals surface area contributed by atoms with Gasteiger partial charge in [0.1, 0.15) is 5.69 Å². The lowest BCUT2D eigenvalue weighted by Crippen LogP contribution is -2.45. The van der Waals surface area contributed by atoms with Crippen LogP contribution in [-0.4, -0.2) is 74.2 Å². The van der Waals surface area contributed by atoms with E-state index in [9.17, 15) is 4.79 Å². The zero-order valence-corrected chi connectivity index (χ0v) is 27.8. The summed E-state index contributed by atoms with van der Waals surface area (Å²) in [5.41, 5.74) is 15.5. The van der Waals surface area contributed by atoms with Crippen LogP contribution in [0.25, 0.3) is 10.9 Å². The van der Waals surface area contributed by atoms with Gasteiger partial charge in [-0.1, -0.05) is 28.1 Å². The Labute approximate surface area is 277 Å². The van der Waals surface area contributed by atoms with E-state index in [4.69, 9.17) is 25.7 Å². The van der Waals surface area contributed by atoms with Crippen molar-refractivity contribution in [1.82, 2.24) is 14.8 Å². The minimum absolute atomic E-state index is 0. The number of fused-ring (bicyclic) bond motifs is 1. The third-order valence-corrected chi connectivity index (χ3v) is 8.03. The molecule has 1 fully saturated rings. The molecule has 3 aromatic carbocycles. The number of hydrogen-bond acceptors (Lipinski definition) is 8. The molecule has 11 nitrogen and oxygen atoms in total. The second-order valence-electron chi connectivity index (χ2n) is 10.4. The van der Waals surface area contributed by atoms with E-state index < -0.39 is 5.91 Å². The molecular weight excluding hydrogens is 662 g/mol. The number of nitrogens with two attached hydrogens (primary N) is 2. The van der Waals surface area contributed by atoms with Crippen LogP contribution in [-0.2, 0) is 13.1 Å². The summed E-state index contributed by atoms with van der Waals surface area (Å²) in [7, 11) is 4.90. The summed E-state index contributed by atoms with van der Waals surface area (Å²) >= 11 is 3.47. The van der Waals surface area contributed by atoms with Crippen molar-refractivity contribution in [2.75, 3.05) is 52.8 Å². The molecule has 1 amide bonds. The summed E-state index contributed by atoms with van der Waals surface area (Å²) in [6, 6.07) is 19.5. The highest BCUT2D eigenvalue weighted by Gasteiger charge is 2.22. The molecule has 1 aromatic heterocycles. The smallest absolute Gasteiger partial charge is 0.298 e. The van der Waals surface area contributed by atoms with Crippen LogP contribution in [0.3, 0.4) is 0 Å². The van der Waals surface area contributed by atoms with Gasteiger partial charge in [-0.05, 0) is 54.1 Å². The fourth-order valence-electron chi connectivity index (χ4n) is 5.34. The molecule has 0 aliphatic carbocycles. The molecule has 0 unspecified atom stereocenters. The fourth-order valence-corrected chi connectivity index (χ4v) is 5.60. The van der Waals surface area contributed by atoms with Gasteiger partial charge in [-0.25, -0.2) is 4.98 Å². The van der Waals surface area contributed by atoms with E-state index in [1.165, 1.54) is 0 Å². The Bertz CT molecular complexity index is 1670. The SMILES string of the molecule is COc1ccc(CN2CCN(Cc3ccc4nc(C(=O)N=C(N)N)cc(Nc5ccc(Br)cc5)c4c3)CC2)c(OC)c1OC.Cl. The van der Waals surface area contributed by atoms with E-state index in [1.807, 2.05) is 42.5 Å². The molecule has 1 aliphatic heterocycles. The van der Waals surface area contributed by atoms with Crippen molar-refractivity contribution in [2.24, 2.45) is 16.5 Å². The second-order valence-corrected chi connectivity index (χ2v) is 11.3. The number of methoxy groups -OCH3 is 3. The minimum atomic E-state index is -0.599. The first kappa shape index (κ1) is 33.8. The Kier molecular flexibility index (Phi) is 11.5. The maximum Gasteiger partial charge on any atom is 0.298 e. The van der Waals surface area contributed by atoms with Gasteiger partial charge < -0.3 is 31.0 Å². The van der Waals surface area contributed by atoms with E-state index in [1.54, 1.807) is 27.4 Å². The van der Waals surface area contributed by atoms with E-state index in [2.05, 4.69) is 53.2 Å². The number of rotatable bonds is 10. The number of carbonyl (C=O) groups excluding carboxylic acids is 1. The number of halogens is 2. The van der Waals surface area contributed by atoms with Crippen molar-refractivity contribution < 1.29 is 19.0 Å². The summed E-state index contributed by atoms with van der Waals surface area (Å²) in [6.07, 6.45) is 0. The number of carbonyl (C=O) groups is 1. The van der Waals surface area contributed by atoms with Crippen LogP contribution >= 0.6 is 28.3 Å². The van der Waals surface area contributed by atoms with Crippen LogP contribution < -0.4 is 31.0 Å². The topological polar surface area (TPSA) is 141 Å². The molecule has 2 heterocycles. The van der Waals surface area contributed by atoms with Gasteiger partial charge in [0.25, 0.3) is 5.91 Å². The molecule has 0 atom stereocenters. The van der Waals surface area contributed by atoms with E-state index in [-0.39, 0.29) is 24.1 Å². The van der Waals surface area contributed by atoms with Gasteiger partial charge in [0.05, 0.1) is 32.5 Å². The van der Waals surface area contributed by atoms with Gasteiger partial charge in [-0.15, -0.1) is 12.4 Å². The van der Waals surface area contributed by atoms with Crippen LogP contribution in [0.15, 0.2) is 70.1 Å². The number of pyridine rings is 1. The van der Waals surface area contributed by atoms with Crippen molar-refractivity contribution in [3.8, 4) is 17.2 Å². The molecule has 5 rings (SSSR count). The van der Waals surface area contributed by atoms with Crippen LogP contribution in [0.2, 0.25) is 0 Å². The van der Waals surface area contributed by atoms with Gasteiger partial charge in [-0.2, -0.15) is 4.99 Å². The first-order valence-corrected chi connectivity index (χ1v) is 14.9. The third-order valence-electron chi connectivity index (χ3n) is 7.50. The molecule has 0 bridgehead atoms. The summed E-state index contributed by atoms with van der Waals surface area (Å²) in [4.78, 5) is 25.7. The number of nitrogens with zero attached hydrogens (tertiary/aromatic N) is 4. The molecule has 0 spiro atoms. The normalized spacial score (nSPS) is 13.5. The number of aromatic nitrogens is 1. The van der Waals surface area contributed by atoms with Gasteiger partial charge >= 0.3 is 0 Å². The summed E-state index contributed by atoms with van der Waals surface area (Å²) in [5, 5.41) is 4.33. The Morgan fingerprint density at radius 2 is 1.56 bits per heavy atom. The monoisotopic (exact) mass is 697 g/mol. The maximum atomic E-state index is 12.6. The van der Waals surface area contributed by atoms with Gasteiger partial charge in [-0.3, -0.25) is 14.6 Å². The number of aliphatic imine (C=N–C) groups is 1. The van der Waals surface area contributed by atoms with E-state index in [0.29, 0.717) is 22.8 Å². The molecule has 1 saturated heterocycles. The van der Waals surface area contributed by atoms with Crippen molar-refractivity contribution in [3.63, 3.8) is 0 Å². The Morgan fingerprint density at radius 3 is 2.18 bits per heavy atom. The van der Waals surface area contributed by atoms with E-state index in [0.717, 1.165) is 71.6 Å². The lowest BCUT2D eigenvalue weighted by atomic mass is 10.1. The average molecular weight is 699 g/mol. The molecule has 5 N–H and O–H groups in total. The number of hydrogen-bond donors (Lipinski definition) is 3. The number of ether oxygens (including phenoxy) is 3. The zero-order chi connectivity index (χ0) is 31.2. The van der Waals surface area contributed by atoms with Crippen LogP contribution in [0, 0.1) is 0 Å². The number of piperazine rings is 1. The quantitative estimate of drug-likeness (QED) is 0.154. The minimum Gasteiger partial charge on any atom is -0.493 e. The first-order chi connectivity index (χ1) is 21.3. The average Bonchev–Trinajstić information content (AvgIpc) is 3.02. The molecule has 0 saturated carbocycles. The predicted molar refractivity (Wildman–Crippen MR) is 183 cm³/mol. The Hall–Kier alpha value is -4.10. The number of benzene rings is 3. The lowest BCUT2D eigenvalue weighted by molar-refractivity contribution is 0.0998. The summed E-state index contributed by atoms with van der Waals surface area (Å²) in [6.45, 7) is 5.21. The predicted octanol–water partition coefficient (Wildman–Crippen LogP) is 4.92. The molecule has 13 heteroatoms. The first-order valence-electron chi connectivity index (χ1n) is 14.1. The van der Waals surface area contributed by atoms with Crippen molar-refractivity contribution >= 4 is 62.5 Å². The number of anilines is 2. The second kappa shape index (κ2) is 15.3. The number of amides is 1. The third kappa shape index (κ3) is 8.14. The van der Waals surface area contributed by atoms with Gasteiger partial charge in [0.2, 0.25) is 5.75 Å². The van der Waals surface area contributed by atoms with Crippen molar-refractivity contribution in [2.45, 2.75) is 13.1 Å². The lowest BCUT2D eigenvalue weighted by Gasteiger charge is -2.35. The highest BCUT2D eigenvalue weighted by molar-refractivity contribution is 9.10. The van der Waals surface area contributed by atoms with Crippen LogP contribution in [0.4, 0.5) is 11.4 Å². The molecule has 1 aliphatic rings. The van der Waals surface area contributed by atoms with Crippen molar-refractivity contribution in [3.05, 3.63) is 82.0 Å².